The number of rotatable bonds is 6. The number of pyridine rings is 1. The van der Waals surface area contributed by atoms with Crippen LogP contribution in [0.3, 0.4) is 0 Å². The lowest BCUT2D eigenvalue weighted by Gasteiger charge is -2.18. The van der Waals surface area contributed by atoms with E-state index in [0.29, 0.717) is 40.6 Å². The third-order valence-corrected chi connectivity index (χ3v) is 6.13. The molecule has 0 atom stereocenters. The minimum atomic E-state index is -1.01. The van der Waals surface area contributed by atoms with Gasteiger partial charge in [0.2, 0.25) is 5.78 Å². The highest BCUT2D eigenvalue weighted by Gasteiger charge is 2.42. The topological polar surface area (TPSA) is 81.4 Å². The molecule has 6 heteroatoms. The van der Waals surface area contributed by atoms with Crippen molar-refractivity contribution in [3.05, 3.63) is 101 Å². The average molecular weight is 477 g/mol. The molecule has 2 heterocycles. The van der Waals surface area contributed by atoms with E-state index in [2.05, 4.69) is 11.1 Å². The summed E-state index contributed by atoms with van der Waals surface area (Å²) in [6, 6.07) is 26.6. The van der Waals surface area contributed by atoms with E-state index >= 15 is 0 Å². The molecular weight excluding hydrogens is 452 g/mol. The van der Waals surface area contributed by atoms with Crippen molar-refractivity contribution < 1.29 is 19.0 Å². The summed E-state index contributed by atoms with van der Waals surface area (Å²) in [5, 5.41) is 10.4. The van der Waals surface area contributed by atoms with E-state index in [1.807, 2.05) is 60.7 Å². The van der Waals surface area contributed by atoms with E-state index in [1.165, 1.54) is 7.11 Å². The van der Waals surface area contributed by atoms with Gasteiger partial charge in [0.05, 0.1) is 29.5 Å². The van der Waals surface area contributed by atoms with Gasteiger partial charge < -0.3 is 14.2 Å². The third kappa shape index (κ3) is 4.27. The Hall–Kier alpha value is -4.63. The number of nitrogens with zero attached hydrogens (tertiary/aromatic N) is 2. The molecule has 0 saturated carbocycles. The zero-order valence-electron chi connectivity index (χ0n) is 20.2. The number of para-hydroxylation sites is 1. The number of ketones is 1. The van der Waals surface area contributed by atoms with Crippen LogP contribution in [0.5, 0.6) is 11.5 Å². The number of fused-ring (bicyclic) bond motifs is 1. The van der Waals surface area contributed by atoms with E-state index in [1.54, 1.807) is 32.0 Å². The molecule has 0 bridgehead atoms. The van der Waals surface area contributed by atoms with Crippen molar-refractivity contribution in [3.63, 3.8) is 0 Å². The first-order valence-corrected chi connectivity index (χ1v) is 11.5. The van der Waals surface area contributed by atoms with Crippen molar-refractivity contribution in [3.8, 4) is 17.6 Å². The smallest absolute Gasteiger partial charge is 0.210 e. The van der Waals surface area contributed by atoms with Gasteiger partial charge in [0.25, 0.3) is 0 Å². The van der Waals surface area contributed by atoms with Crippen molar-refractivity contribution in [2.45, 2.75) is 26.1 Å². The SMILES string of the molecule is COc1cc(C2=C(c3ccc(OCc4ccc5ccccc5n4)cc3)C(=O)C(C)(C)O2)ccc1C#N. The minimum Gasteiger partial charge on any atom is -0.495 e. The van der Waals surface area contributed by atoms with Crippen molar-refractivity contribution in [2.24, 2.45) is 0 Å². The zero-order chi connectivity index (χ0) is 25.3. The third-order valence-electron chi connectivity index (χ3n) is 6.13. The highest BCUT2D eigenvalue weighted by molar-refractivity contribution is 6.32. The molecule has 4 aromatic rings. The normalized spacial score (nSPS) is 14.4. The summed E-state index contributed by atoms with van der Waals surface area (Å²) in [7, 11) is 1.51. The second-order valence-corrected chi connectivity index (χ2v) is 8.98. The fourth-order valence-electron chi connectivity index (χ4n) is 4.21. The van der Waals surface area contributed by atoms with Crippen LogP contribution in [-0.4, -0.2) is 23.5 Å². The van der Waals surface area contributed by atoms with Crippen molar-refractivity contribution >= 4 is 28.0 Å². The van der Waals surface area contributed by atoms with E-state index in [4.69, 9.17) is 14.2 Å². The summed E-state index contributed by atoms with van der Waals surface area (Å²) in [6.07, 6.45) is 0. The molecule has 5 rings (SSSR count). The lowest BCUT2D eigenvalue weighted by molar-refractivity contribution is -0.125. The Morgan fingerprint density at radius 3 is 2.47 bits per heavy atom. The number of carbonyl (C=O) groups is 1. The van der Waals surface area contributed by atoms with E-state index in [-0.39, 0.29) is 5.78 Å². The Morgan fingerprint density at radius 2 is 1.72 bits per heavy atom. The molecule has 0 N–H and O–H groups in total. The van der Waals surface area contributed by atoms with Crippen LogP contribution in [0, 0.1) is 11.3 Å². The van der Waals surface area contributed by atoms with Crippen LogP contribution >= 0.6 is 0 Å². The largest absolute Gasteiger partial charge is 0.495 e. The number of nitriles is 1. The Balaban J connectivity index is 1.42. The highest BCUT2D eigenvalue weighted by Crippen LogP contribution is 2.42. The monoisotopic (exact) mass is 476 g/mol. The Morgan fingerprint density at radius 1 is 0.972 bits per heavy atom. The summed E-state index contributed by atoms with van der Waals surface area (Å²) >= 11 is 0. The Labute approximate surface area is 209 Å². The van der Waals surface area contributed by atoms with Crippen molar-refractivity contribution in [1.29, 1.82) is 5.26 Å². The molecule has 0 unspecified atom stereocenters. The molecule has 1 aliphatic heterocycles. The van der Waals surface area contributed by atoms with Crippen LogP contribution in [0.25, 0.3) is 22.2 Å². The standard InChI is InChI=1S/C30H24N2O4/c1-30(2)29(33)27(28(36-30)21-8-9-22(17-31)26(16-21)34-3)20-11-14-24(15-12-20)35-18-23-13-10-19-6-4-5-7-25(19)32-23/h4-16H,18H2,1-3H3. The van der Waals surface area contributed by atoms with Crippen LogP contribution in [0.15, 0.2) is 78.9 Å². The fourth-order valence-corrected chi connectivity index (χ4v) is 4.21. The highest BCUT2D eigenvalue weighted by atomic mass is 16.5. The number of Topliss-reactive ketones (excluding diaryl/α,β-unsaturated/α-hetero) is 1. The molecular formula is C30H24N2O4. The molecule has 1 aliphatic rings. The van der Waals surface area contributed by atoms with Gasteiger partial charge in [-0.25, -0.2) is 4.98 Å². The van der Waals surface area contributed by atoms with Gasteiger partial charge in [-0.05, 0) is 61.9 Å². The Kier molecular flexibility index (Phi) is 5.91. The first-order chi connectivity index (χ1) is 17.4. The van der Waals surface area contributed by atoms with Crippen LogP contribution in [0.1, 0.15) is 36.2 Å². The van der Waals surface area contributed by atoms with Gasteiger partial charge in [-0.3, -0.25) is 4.79 Å². The summed E-state index contributed by atoms with van der Waals surface area (Å²) in [4.78, 5) is 17.9. The van der Waals surface area contributed by atoms with Crippen LogP contribution < -0.4 is 9.47 Å². The fraction of sp³-hybridized carbons (Fsp3) is 0.167. The quantitative estimate of drug-likeness (QED) is 0.343. The maximum absolute atomic E-state index is 13.3. The maximum Gasteiger partial charge on any atom is 0.210 e. The molecule has 3 aromatic carbocycles. The number of aromatic nitrogens is 1. The molecule has 6 nitrogen and oxygen atoms in total. The number of benzene rings is 3. The number of methoxy groups -OCH3 is 1. The average Bonchev–Trinajstić information content (AvgIpc) is 3.15. The minimum absolute atomic E-state index is 0.116. The molecule has 178 valence electrons. The summed E-state index contributed by atoms with van der Waals surface area (Å²) in [6.45, 7) is 3.83. The molecule has 0 spiro atoms. The van der Waals surface area contributed by atoms with Gasteiger partial charge in [0, 0.05) is 10.9 Å². The van der Waals surface area contributed by atoms with Crippen LogP contribution in [0.4, 0.5) is 0 Å². The first kappa shape index (κ1) is 23.1. The van der Waals surface area contributed by atoms with Gasteiger partial charge in [0.1, 0.15) is 29.9 Å². The summed E-state index contributed by atoms with van der Waals surface area (Å²) in [5.41, 5.74) is 3.03. The van der Waals surface area contributed by atoms with Crippen LogP contribution in [0.2, 0.25) is 0 Å². The van der Waals surface area contributed by atoms with Gasteiger partial charge in [-0.2, -0.15) is 5.26 Å². The second-order valence-electron chi connectivity index (χ2n) is 8.98. The lowest BCUT2D eigenvalue weighted by atomic mass is 9.92. The molecule has 0 fully saturated rings. The molecule has 0 radical (unpaired) electrons. The van der Waals surface area contributed by atoms with Gasteiger partial charge in [-0.1, -0.05) is 36.4 Å². The van der Waals surface area contributed by atoms with E-state index < -0.39 is 5.60 Å². The summed E-state index contributed by atoms with van der Waals surface area (Å²) < 4.78 is 17.4. The number of ether oxygens (including phenoxy) is 3. The molecule has 0 amide bonds. The first-order valence-electron chi connectivity index (χ1n) is 11.5. The Bertz CT molecular complexity index is 1550. The number of hydrogen-bond acceptors (Lipinski definition) is 6. The van der Waals surface area contributed by atoms with Crippen molar-refractivity contribution in [2.75, 3.05) is 7.11 Å². The second kappa shape index (κ2) is 9.20. The molecule has 1 aromatic heterocycles. The number of hydrogen-bond donors (Lipinski definition) is 0. The molecule has 0 saturated heterocycles. The van der Waals surface area contributed by atoms with Crippen molar-refractivity contribution in [1.82, 2.24) is 4.98 Å². The van der Waals surface area contributed by atoms with Gasteiger partial charge in [-0.15, -0.1) is 0 Å². The predicted molar refractivity (Wildman–Crippen MR) is 137 cm³/mol. The predicted octanol–water partition coefficient (Wildman–Crippen LogP) is 5.94. The number of carbonyl (C=O) groups excluding carboxylic acids is 1. The summed E-state index contributed by atoms with van der Waals surface area (Å²) in [5.74, 6) is 1.44. The van der Waals surface area contributed by atoms with Crippen LogP contribution in [-0.2, 0) is 16.1 Å². The molecule has 36 heavy (non-hydrogen) atoms. The van der Waals surface area contributed by atoms with Gasteiger partial charge >= 0.3 is 0 Å². The maximum atomic E-state index is 13.3. The molecule has 0 aliphatic carbocycles. The zero-order valence-corrected chi connectivity index (χ0v) is 20.2. The lowest BCUT2D eigenvalue weighted by Crippen LogP contribution is -2.29. The van der Waals surface area contributed by atoms with Gasteiger partial charge in [0.15, 0.2) is 5.60 Å². The van der Waals surface area contributed by atoms with E-state index in [0.717, 1.165) is 22.2 Å². The van der Waals surface area contributed by atoms with E-state index in [9.17, 15) is 10.1 Å².